The molecule has 1 saturated heterocycles. The molecule has 3 heteroatoms. The minimum Gasteiger partial charge on any atom is -0.396 e. The maximum Gasteiger partial charge on any atom is 0.0434 e. The highest BCUT2D eigenvalue weighted by Crippen LogP contribution is 2.14. The van der Waals surface area contributed by atoms with Crippen molar-refractivity contribution in [2.45, 2.75) is 58.5 Å². The first-order valence-electron chi connectivity index (χ1n) is 7.25. The SMILES string of the molecule is CCC(CCO)CNC1CCN(C(C)C)CC1. The van der Waals surface area contributed by atoms with E-state index in [2.05, 4.69) is 31.0 Å². The molecule has 3 nitrogen and oxygen atoms in total. The monoisotopic (exact) mass is 242 g/mol. The van der Waals surface area contributed by atoms with Crippen LogP contribution in [0, 0.1) is 5.92 Å². The van der Waals surface area contributed by atoms with E-state index in [0.717, 1.165) is 13.0 Å². The Bertz CT molecular complexity index is 189. The van der Waals surface area contributed by atoms with Crippen LogP contribution in [0.5, 0.6) is 0 Å². The largest absolute Gasteiger partial charge is 0.396 e. The lowest BCUT2D eigenvalue weighted by Gasteiger charge is -2.35. The van der Waals surface area contributed by atoms with Gasteiger partial charge in [0.25, 0.3) is 0 Å². The van der Waals surface area contributed by atoms with Gasteiger partial charge in [0.2, 0.25) is 0 Å². The van der Waals surface area contributed by atoms with Gasteiger partial charge in [-0.3, -0.25) is 0 Å². The van der Waals surface area contributed by atoms with Crippen LogP contribution in [0.25, 0.3) is 0 Å². The first-order chi connectivity index (χ1) is 8.17. The maximum absolute atomic E-state index is 8.97. The van der Waals surface area contributed by atoms with Gasteiger partial charge in [-0.1, -0.05) is 13.3 Å². The summed E-state index contributed by atoms with van der Waals surface area (Å²) in [5.74, 6) is 0.642. The Kier molecular flexibility index (Phi) is 7.09. The fraction of sp³-hybridized carbons (Fsp3) is 1.00. The molecular formula is C14H30N2O. The topological polar surface area (TPSA) is 35.5 Å². The van der Waals surface area contributed by atoms with Crippen molar-refractivity contribution in [2.24, 2.45) is 5.92 Å². The number of nitrogens with zero attached hydrogens (tertiary/aromatic N) is 1. The van der Waals surface area contributed by atoms with Gasteiger partial charge in [-0.2, -0.15) is 0 Å². The summed E-state index contributed by atoms with van der Waals surface area (Å²) in [4.78, 5) is 2.56. The van der Waals surface area contributed by atoms with Gasteiger partial charge in [0.15, 0.2) is 0 Å². The summed E-state index contributed by atoms with van der Waals surface area (Å²) in [5.41, 5.74) is 0. The summed E-state index contributed by atoms with van der Waals surface area (Å²) in [6.07, 6.45) is 4.65. The van der Waals surface area contributed by atoms with Crippen LogP contribution in [0.1, 0.15) is 46.5 Å². The highest BCUT2D eigenvalue weighted by Gasteiger charge is 2.20. The number of aliphatic hydroxyl groups is 1. The van der Waals surface area contributed by atoms with Crippen LogP contribution in [0.15, 0.2) is 0 Å². The summed E-state index contributed by atoms with van der Waals surface area (Å²) < 4.78 is 0. The molecule has 0 aromatic heterocycles. The van der Waals surface area contributed by atoms with Gasteiger partial charge in [-0.05, 0) is 58.7 Å². The molecule has 1 aliphatic heterocycles. The van der Waals surface area contributed by atoms with Crippen molar-refractivity contribution in [3.05, 3.63) is 0 Å². The van der Waals surface area contributed by atoms with Gasteiger partial charge in [0, 0.05) is 18.7 Å². The Labute approximate surface area is 107 Å². The highest BCUT2D eigenvalue weighted by atomic mass is 16.3. The smallest absolute Gasteiger partial charge is 0.0434 e. The van der Waals surface area contributed by atoms with Crippen LogP contribution in [0.2, 0.25) is 0 Å². The van der Waals surface area contributed by atoms with Crippen LogP contribution in [-0.4, -0.2) is 48.3 Å². The molecule has 0 aromatic rings. The third kappa shape index (κ3) is 5.36. The summed E-state index contributed by atoms with van der Waals surface area (Å²) >= 11 is 0. The van der Waals surface area contributed by atoms with E-state index in [1.807, 2.05) is 0 Å². The molecule has 1 heterocycles. The zero-order valence-electron chi connectivity index (χ0n) is 11.8. The fourth-order valence-electron chi connectivity index (χ4n) is 2.59. The van der Waals surface area contributed by atoms with E-state index in [9.17, 15) is 0 Å². The van der Waals surface area contributed by atoms with Gasteiger partial charge >= 0.3 is 0 Å². The van der Waals surface area contributed by atoms with Crippen molar-refractivity contribution in [1.29, 1.82) is 0 Å². The average Bonchev–Trinajstić information content (AvgIpc) is 2.35. The quantitative estimate of drug-likeness (QED) is 0.715. The highest BCUT2D eigenvalue weighted by molar-refractivity contribution is 4.79. The van der Waals surface area contributed by atoms with E-state index >= 15 is 0 Å². The van der Waals surface area contributed by atoms with E-state index in [0.29, 0.717) is 24.6 Å². The van der Waals surface area contributed by atoms with Crippen LogP contribution < -0.4 is 5.32 Å². The molecule has 0 spiro atoms. The standard InChI is InChI=1S/C14H30N2O/c1-4-13(7-10-17)11-15-14-5-8-16(9-6-14)12(2)3/h12-15,17H,4-11H2,1-3H3. The van der Waals surface area contributed by atoms with Gasteiger partial charge < -0.3 is 15.3 Å². The second-order valence-electron chi connectivity index (χ2n) is 5.60. The molecule has 1 unspecified atom stereocenters. The molecule has 0 amide bonds. The lowest BCUT2D eigenvalue weighted by molar-refractivity contribution is 0.157. The van der Waals surface area contributed by atoms with Gasteiger partial charge in [-0.15, -0.1) is 0 Å². The molecule has 17 heavy (non-hydrogen) atoms. The van der Waals surface area contributed by atoms with E-state index in [-0.39, 0.29) is 0 Å². The number of nitrogens with one attached hydrogen (secondary N) is 1. The molecule has 0 aromatic carbocycles. The van der Waals surface area contributed by atoms with E-state index in [1.54, 1.807) is 0 Å². The number of likely N-dealkylation sites (tertiary alicyclic amines) is 1. The van der Waals surface area contributed by atoms with E-state index in [4.69, 9.17) is 5.11 Å². The molecule has 1 rings (SSSR count). The minimum atomic E-state index is 0.325. The van der Waals surface area contributed by atoms with E-state index < -0.39 is 0 Å². The molecule has 1 aliphatic rings. The second-order valence-corrected chi connectivity index (χ2v) is 5.60. The van der Waals surface area contributed by atoms with Crippen LogP contribution in [-0.2, 0) is 0 Å². The first-order valence-corrected chi connectivity index (χ1v) is 7.25. The van der Waals surface area contributed by atoms with Crippen LogP contribution in [0.4, 0.5) is 0 Å². The Hall–Kier alpha value is -0.120. The maximum atomic E-state index is 8.97. The molecule has 102 valence electrons. The summed E-state index contributed by atoms with van der Waals surface area (Å²) in [6, 6.07) is 1.38. The molecule has 1 fully saturated rings. The number of hydrogen-bond donors (Lipinski definition) is 2. The fourth-order valence-corrected chi connectivity index (χ4v) is 2.59. The molecule has 2 N–H and O–H groups in total. The van der Waals surface area contributed by atoms with Crippen molar-refractivity contribution >= 4 is 0 Å². The lowest BCUT2D eigenvalue weighted by atomic mass is 10.00. The predicted octanol–water partition coefficient (Wildman–Crippen LogP) is 1.86. The predicted molar refractivity (Wildman–Crippen MR) is 73.2 cm³/mol. The second kappa shape index (κ2) is 8.06. The lowest BCUT2D eigenvalue weighted by Crippen LogP contribution is -2.46. The molecular weight excluding hydrogens is 212 g/mol. The van der Waals surface area contributed by atoms with Crippen molar-refractivity contribution in [2.75, 3.05) is 26.2 Å². The third-order valence-electron chi connectivity index (χ3n) is 4.07. The van der Waals surface area contributed by atoms with Crippen molar-refractivity contribution in [1.82, 2.24) is 10.2 Å². The number of piperidine rings is 1. The van der Waals surface area contributed by atoms with Gasteiger partial charge in [0.1, 0.15) is 0 Å². The van der Waals surface area contributed by atoms with Crippen molar-refractivity contribution in [3.8, 4) is 0 Å². The molecule has 0 radical (unpaired) electrons. The summed E-state index contributed by atoms with van der Waals surface area (Å²) in [5, 5.41) is 12.6. The average molecular weight is 242 g/mol. The normalized spacial score (nSPS) is 21.0. The zero-order valence-corrected chi connectivity index (χ0v) is 11.8. The van der Waals surface area contributed by atoms with Crippen LogP contribution >= 0.6 is 0 Å². The molecule has 0 bridgehead atoms. The summed E-state index contributed by atoms with van der Waals surface area (Å²) in [6.45, 7) is 10.6. The molecule has 1 atom stereocenters. The third-order valence-corrected chi connectivity index (χ3v) is 4.07. The van der Waals surface area contributed by atoms with E-state index in [1.165, 1.54) is 32.4 Å². The van der Waals surface area contributed by atoms with Crippen molar-refractivity contribution < 1.29 is 5.11 Å². The van der Waals surface area contributed by atoms with Gasteiger partial charge in [0.05, 0.1) is 0 Å². The number of aliphatic hydroxyl groups excluding tert-OH is 1. The summed E-state index contributed by atoms with van der Waals surface area (Å²) in [7, 11) is 0. The Morgan fingerprint density at radius 3 is 2.41 bits per heavy atom. The first kappa shape index (κ1) is 14.9. The minimum absolute atomic E-state index is 0.325. The van der Waals surface area contributed by atoms with Crippen LogP contribution in [0.3, 0.4) is 0 Å². The Balaban J connectivity index is 2.17. The number of hydrogen-bond acceptors (Lipinski definition) is 3. The molecule has 0 aliphatic carbocycles. The number of rotatable bonds is 7. The molecule has 0 saturated carbocycles. The zero-order chi connectivity index (χ0) is 12.7. The van der Waals surface area contributed by atoms with Crippen molar-refractivity contribution in [3.63, 3.8) is 0 Å². The van der Waals surface area contributed by atoms with Gasteiger partial charge in [-0.25, -0.2) is 0 Å². The Morgan fingerprint density at radius 1 is 1.29 bits per heavy atom. The Morgan fingerprint density at radius 2 is 1.94 bits per heavy atom.